The van der Waals surface area contributed by atoms with E-state index in [1.165, 1.54) is 5.39 Å². The number of ether oxygens (including phenoxy) is 1. The molecule has 26 heavy (non-hydrogen) atoms. The monoisotopic (exact) mass is 353 g/mol. The molecule has 0 radical (unpaired) electrons. The maximum absolute atomic E-state index is 12.2. The molecule has 0 spiro atoms. The minimum absolute atomic E-state index is 0.0384. The number of nitrogens with zero attached hydrogens (tertiary/aromatic N) is 1. The van der Waals surface area contributed by atoms with Crippen molar-refractivity contribution >= 4 is 27.8 Å². The third-order valence-corrected chi connectivity index (χ3v) is 4.81. The van der Waals surface area contributed by atoms with Crippen molar-refractivity contribution in [2.45, 2.75) is 59.0 Å². The van der Waals surface area contributed by atoms with Crippen LogP contribution in [0.25, 0.3) is 21.7 Å². The van der Waals surface area contributed by atoms with Crippen LogP contribution < -0.4 is 4.84 Å². The van der Waals surface area contributed by atoms with Gasteiger partial charge in [0.2, 0.25) is 0 Å². The molecule has 0 aliphatic carbocycles. The molecule has 0 saturated heterocycles. The van der Waals surface area contributed by atoms with Gasteiger partial charge in [-0.05, 0) is 61.1 Å². The fourth-order valence-electron chi connectivity index (χ4n) is 3.04. The first-order valence-electron chi connectivity index (χ1n) is 9.06. The second kappa shape index (κ2) is 6.35. The largest absolute Gasteiger partial charge is 0.534 e. The summed E-state index contributed by atoms with van der Waals surface area (Å²) >= 11 is 0. The van der Waals surface area contributed by atoms with Gasteiger partial charge in [0.1, 0.15) is 5.60 Å². The second-order valence-electron chi connectivity index (χ2n) is 8.38. The number of benzene rings is 2. The minimum atomic E-state index is -0.705. The minimum Gasteiger partial charge on any atom is -0.427 e. The van der Waals surface area contributed by atoms with Crippen LogP contribution in [0.5, 0.6) is 0 Å². The van der Waals surface area contributed by atoms with Crippen molar-refractivity contribution in [3.05, 3.63) is 48.2 Å². The fourth-order valence-corrected chi connectivity index (χ4v) is 3.04. The Morgan fingerprint density at radius 3 is 2.23 bits per heavy atom. The number of hydrogen-bond donors (Lipinski definition) is 0. The molecule has 0 bridgehead atoms. The maximum Gasteiger partial charge on any atom is 0.534 e. The molecule has 3 rings (SSSR count). The Morgan fingerprint density at radius 2 is 1.65 bits per heavy atom. The Morgan fingerprint density at radius 1 is 1.04 bits per heavy atom. The van der Waals surface area contributed by atoms with Crippen LogP contribution in [0, 0.1) is 0 Å². The van der Waals surface area contributed by atoms with Gasteiger partial charge in [-0.25, -0.2) is 4.79 Å². The number of fused-ring (bicyclic) bond motifs is 2. The average Bonchev–Trinajstić information content (AvgIpc) is 2.89. The van der Waals surface area contributed by atoms with Gasteiger partial charge in [-0.1, -0.05) is 45.0 Å². The highest BCUT2D eigenvalue weighted by Gasteiger charge is 2.26. The summed E-state index contributed by atoms with van der Waals surface area (Å²) in [5.74, 6) is 0. The highest BCUT2D eigenvalue weighted by molar-refractivity contribution is 5.99. The summed E-state index contributed by atoms with van der Waals surface area (Å²) in [6.07, 6.45) is 2.19. The summed E-state index contributed by atoms with van der Waals surface area (Å²) in [5.41, 5.74) is 1.39. The number of carbonyl (C=O) groups is 1. The van der Waals surface area contributed by atoms with E-state index in [-0.39, 0.29) is 5.41 Å². The average molecular weight is 353 g/mol. The molecule has 1 aromatic heterocycles. The van der Waals surface area contributed by atoms with Crippen LogP contribution in [-0.4, -0.2) is 16.5 Å². The molecule has 0 amide bonds. The van der Waals surface area contributed by atoms with Gasteiger partial charge in [-0.3, -0.25) is 0 Å². The van der Waals surface area contributed by atoms with Gasteiger partial charge in [0.05, 0.1) is 5.52 Å². The number of carbonyl (C=O) groups excluding carboxylic acids is 1. The molecule has 0 saturated carbocycles. The number of hydrogen-bond acceptors (Lipinski definition) is 3. The smallest absolute Gasteiger partial charge is 0.427 e. The van der Waals surface area contributed by atoms with Crippen LogP contribution >= 0.6 is 0 Å². The zero-order chi connectivity index (χ0) is 19.1. The summed E-state index contributed by atoms with van der Waals surface area (Å²) in [6.45, 7) is 12.0. The topological polar surface area (TPSA) is 40.5 Å². The zero-order valence-corrected chi connectivity index (χ0v) is 16.4. The third kappa shape index (κ3) is 3.55. The Bertz CT molecular complexity index is 961. The van der Waals surface area contributed by atoms with Crippen LogP contribution in [0.4, 0.5) is 4.79 Å². The van der Waals surface area contributed by atoms with E-state index in [0.717, 1.165) is 28.3 Å². The predicted octanol–water partition coefficient (Wildman–Crippen LogP) is 5.85. The summed E-state index contributed by atoms with van der Waals surface area (Å²) in [6, 6.07) is 12.4. The van der Waals surface area contributed by atoms with Gasteiger partial charge in [0, 0.05) is 11.6 Å². The van der Waals surface area contributed by atoms with E-state index < -0.39 is 11.8 Å². The molecule has 2 aromatic carbocycles. The lowest BCUT2D eigenvalue weighted by Gasteiger charge is -2.22. The normalized spacial score (nSPS) is 12.5. The van der Waals surface area contributed by atoms with Crippen LogP contribution in [0.3, 0.4) is 0 Å². The molecule has 1 heterocycles. The van der Waals surface area contributed by atoms with E-state index in [4.69, 9.17) is 9.57 Å². The highest BCUT2D eigenvalue weighted by atomic mass is 16.8. The molecule has 0 aliphatic heterocycles. The molecule has 0 fully saturated rings. The van der Waals surface area contributed by atoms with Crippen LogP contribution in [0.15, 0.2) is 42.6 Å². The van der Waals surface area contributed by atoms with Crippen molar-refractivity contribution in [2.75, 3.05) is 0 Å². The lowest BCUT2D eigenvalue weighted by molar-refractivity contribution is -0.00883. The van der Waals surface area contributed by atoms with Gasteiger partial charge in [0.15, 0.2) is 0 Å². The molecule has 138 valence electrons. The lowest BCUT2D eigenvalue weighted by atomic mass is 9.82. The van der Waals surface area contributed by atoms with Gasteiger partial charge in [-0.15, -0.1) is 0 Å². The summed E-state index contributed by atoms with van der Waals surface area (Å²) in [4.78, 5) is 17.7. The SMILES string of the molecule is CCC(C)(C)c1cn(OC(=O)OC(C)(C)C)c2cc3ccccc3cc12. The molecule has 3 aromatic rings. The summed E-state index contributed by atoms with van der Waals surface area (Å²) in [7, 11) is 0. The molecular formula is C22H27NO3. The second-order valence-corrected chi connectivity index (χ2v) is 8.38. The lowest BCUT2D eigenvalue weighted by Crippen LogP contribution is -2.29. The van der Waals surface area contributed by atoms with Gasteiger partial charge >= 0.3 is 6.16 Å². The molecule has 0 atom stereocenters. The van der Waals surface area contributed by atoms with Crippen LogP contribution in [0.1, 0.15) is 53.5 Å². The first kappa shape index (κ1) is 18.3. The first-order valence-corrected chi connectivity index (χ1v) is 9.06. The molecule has 4 nitrogen and oxygen atoms in total. The Hall–Kier alpha value is -2.49. The van der Waals surface area contributed by atoms with Crippen molar-refractivity contribution < 1.29 is 14.4 Å². The fraction of sp³-hybridized carbons (Fsp3) is 0.409. The van der Waals surface area contributed by atoms with Gasteiger partial charge in [-0.2, -0.15) is 4.73 Å². The zero-order valence-electron chi connectivity index (χ0n) is 16.4. The van der Waals surface area contributed by atoms with E-state index >= 15 is 0 Å². The Kier molecular flexibility index (Phi) is 4.47. The standard InChI is InChI=1S/C22H27NO3/c1-7-22(5,6)18-14-23(26-20(24)25-21(2,3)4)19-13-16-11-9-8-10-15(16)12-17(18)19/h8-14H,7H2,1-6H3. The summed E-state index contributed by atoms with van der Waals surface area (Å²) in [5, 5.41) is 3.37. The predicted molar refractivity (Wildman–Crippen MR) is 106 cm³/mol. The van der Waals surface area contributed by atoms with E-state index in [1.54, 1.807) is 4.73 Å². The van der Waals surface area contributed by atoms with Crippen molar-refractivity contribution in [1.29, 1.82) is 0 Å². The van der Waals surface area contributed by atoms with E-state index in [1.807, 2.05) is 39.1 Å². The molecule has 0 N–H and O–H groups in total. The van der Waals surface area contributed by atoms with E-state index in [0.29, 0.717) is 0 Å². The first-order chi connectivity index (χ1) is 12.1. The maximum atomic E-state index is 12.2. The molecule has 4 heteroatoms. The van der Waals surface area contributed by atoms with E-state index in [2.05, 4.69) is 45.0 Å². The molecular weight excluding hydrogens is 326 g/mol. The van der Waals surface area contributed by atoms with Crippen molar-refractivity contribution in [3.8, 4) is 0 Å². The van der Waals surface area contributed by atoms with Gasteiger partial charge in [0.25, 0.3) is 0 Å². The number of aromatic nitrogens is 1. The molecule has 0 unspecified atom stereocenters. The summed E-state index contributed by atoms with van der Waals surface area (Å²) < 4.78 is 6.86. The van der Waals surface area contributed by atoms with Crippen molar-refractivity contribution in [1.82, 2.24) is 4.73 Å². The number of rotatable bonds is 3. The Labute approximate surface area is 154 Å². The Balaban J connectivity index is 2.16. The highest BCUT2D eigenvalue weighted by Crippen LogP contribution is 2.36. The molecule has 0 aliphatic rings. The van der Waals surface area contributed by atoms with E-state index in [9.17, 15) is 4.79 Å². The third-order valence-electron chi connectivity index (χ3n) is 4.81. The van der Waals surface area contributed by atoms with Crippen LogP contribution in [-0.2, 0) is 10.2 Å². The van der Waals surface area contributed by atoms with Crippen molar-refractivity contribution in [2.24, 2.45) is 0 Å². The van der Waals surface area contributed by atoms with Crippen molar-refractivity contribution in [3.63, 3.8) is 0 Å². The van der Waals surface area contributed by atoms with Gasteiger partial charge < -0.3 is 9.57 Å². The van der Waals surface area contributed by atoms with Crippen LogP contribution in [0.2, 0.25) is 0 Å². The quantitative estimate of drug-likeness (QED) is 0.555.